The van der Waals surface area contributed by atoms with Crippen LogP contribution >= 0.6 is 0 Å². The molecule has 1 atom stereocenters. The third-order valence-electron chi connectivity index (χ3n) is 4.69. The lowest BCUT2D eigenvalue weighted by molar-refractivity contribution is -0.120. The maximum Gasteiger partial charge on any atom is 0.241 e. The number of hydrogen-bond acceptors (Lipinski definition) is 5. The van der Waals surface area contributed by atoms with Gasteiger partial charge in [0.2, 0.25) is 5.91 Å². The summed E-state index contributed by atoms with van der Waals surface area (Å²) in [6.45, 7) is 1.48. The number of rotatable bonds is 5. The monoisotopic (exact) mass is 366 g/mol. The maximum atomic E-state index is 13.1. The van der Waals surface area contributed by atoms with Crippen molar-refractivity contribution in [3.63, 3.8) is 0 Å². The van der Waals surface area contributed by atoms with Gasteiger partial charge in [-0.25, -0.2) is 9.07 Å². The number of anilines is 1. The van der Waals surface area contributed by atoms with Crippen molar-refractivity contribution in [3.8, 4) is 5.69 Å². The smallest absolute Gasteiger partial charge is 0.241 e. The van der Waals surface area contributed by atoms with Crippen molar-refractivity contribution in [2.45, 2.75) is 25.4 Å². The Morgan fingerprint density at radius 3 is 2.85 bits per heavy atom. The van der Waals surface area contributed by atoms with Crippen LogP contribution in [0.1, 0.15) is 18.4 Å². The predicted octanol–water partition coefficient (Wildman–Crippen LogP) is 2.40. The summed E-state index contributed by atoms with van der Waals surface area (Å²) in [6, 6.07) is 13.6. The summed E-state index contributed by atoms with van der Waals surface area (Å²) >= 11 is 0. The molecule has 27 heavy (non-hydrogen) atoms. The van der Waals surface area contributed by atoms with E-state index < -0.39 is 0 Å². The summed E-state index contributed by atoms with van der Waals surface area (Å²) in [5.74, 6) is -0.291. The SMILES string of the molecule is O=C(Nc1cccc(-n2cnnn2)c1)[C@@H]1CCCN1Cc1ccc(F)cc1. The molecule has 4 rings (SSSR count). The van der Waals surface area contributed by atoms with Crippen molar-refractivity contribution < 1.29 is 9.18 Å². The van der Waals surface area contributed by atoms with E-state index in [9.17, 15) is 9.18 Å². The summed E-state index contributed by atoms with van der Waals surface area (Å²) in [5.41, 5.74) is 2.46. The van der Waals surface area contributed by atoms with Gasteiger partial charge in [-0.2, -0.15) is 0 Å². The number of amides is 1. The second kappa shape index (κ2) is 7.63. The second-order valence-electron chi connectivity index (χ2n) is 6.55. The van der Waals surface area contributed by atoms with Crippen molar-refractivity contribution in [2.24, 2.45) is 0 Å². The molecule has 2 heterocycles. The zero-order valence-electron chi connectivity index (χ0n) is 14.6. The molecule has 7 nitrogen and oxygen atoms in total. The topological polar surface area (TPSA) is 75.9 Å². The van der Waals surface area contributed by atoms with Crippen LogP contribution in [0.15, 0.2) is 54.9 Å². The van der Waals surface area contributed by atoms with E-state index in [0.29, 0.717) is 12.2 Å². The third kappa shape index (κ3) is 4.01. The first-order chi connectivity index (χ1) is 13.2. The lowest BCUT2D eigenvalue weighted by Crippen LogP contribution is -2.39. The molecule has 0 unspecified atom stereocenters. The largest absolute Gasteiger partial charge is 0.325 e. The van der Waals surface area contributed by atoms with Gasteiger partial charge in [0.05, 0.1) is 11.7 Å². The highest BCUT2D eigenvalue weighted by atomic mass is 19.1. The van der Waals surface area contributed by atoms with E-state index in [4.69, 9.17) is 0 Å². The van der Waals surface area contributed by atoms with E-state index in [2.05, 4.69) is 25.7 Å². The van der Waals surface area contributed by atoms with Gasteiger partial charge in [-0.15, -0.1) is 5.10 Å². The van der Waals surface area contributed by atoms with Gasteiger partial charge in [0.1, 0.15) is 12.1 Å². The Balaban J connectivity index is 1.44. The van der Waals surface area contributed by atoms with E-state index in [1.54, 1.807) is 12.1 Å². The highest BCUT2D eigenvalue weighted by Crippen LogP contribution is 2.22. The minimum absolute atomic E-state index is 0.0384. The summed E-state index contributed by atoms with van der Waals surface area (Å²) in [7, 11) is 0. The minimum Gasteiger partial charge on any atom is -0.325 e. The summed E-state index contributed by atoms with van der Waals surface area (Å²) in [4.78, 5) is 14.9. The zero-order chi connectivity index (χ0) is 18.6. The van der Waals surface area contributed by atoms with E-state index in [-0.39, 0.29) is 17.8 Å². The molecule has 1 aliphatic rings. The maximum absolute atomic E-state index is 13.1. The Morgan fingerprint density at radius 2 is 2.07 bits per heavy atom. The number of aromatic nitrogens is 4. The van der Waals surface area contributed by atoms with Gasteiger partial charge >= 0.3 is 0 Å². The van der Waals surface area contributed by atoms with Crippen molar-refractivity contribution in [3.05, 3.63) is 66.2 Å². The molecule has 0 bridgehead atoms. The second-order valence-corrected chi connectivity index (χ2v) is 6.55. The van der Waals surface area contributed by atoms with Crippen molar-refractivity contribution in [1.29, 1.82) is 0 Å². The number of tetrazole rings is 1. The lowest BCUT2D eigenvalue weighted by Gasteiger charge is -2.23. The van der Waals surface area contributed by atoms with Crippen LogP contribution in [0.3, 0.4) is 0 Å². The van der Waals surface area contributed by atoms with E-state index in [1.165, 1.54) is 23.1 Å². The summed E-state index contributed by atoms with van der Waals surface area (Å²) in [6.07, 6.45) is 3.27. The molecule has 8 heteroatoms. The van der Waals surface area contributed by atoms with Crippen molar-refractivity contribution >= 4 is 11.6 Å². The first-order valence-corrected chi connectivity index (χ1v) is 8.82. The molecule has 0 spiro atoms. The number of carbonyl (C=O) groups is 1. The average molecular weight is 366 g/mol. The van der Waals surface area contributed by atoms with Crippen molar-refractivity contribution in [1.82, 2.24) is 25.1 Å². The van der Waals surface area contributed by atoms with Crippen molar-refractivity contribution in [2.75, 3.05) is 11.9 Å². The Morgan fingerprint density at radius 1 is 1.22 bits per heavy atom. The Labute approximate surface area is 155 Å². The molecular weight excluding hydrogens is 347 g/mol. The molecule has 0 saturated carbocycles. The third-order valence-corrected chi connectivity index (χ3v) is 4.69. The Hall–Kier alpha value is -3.13. The van der Waals surface area contributed by atoms with Gasteiger partial charge in [-0.05, 0) is 65.7 Å². The van der Waals surface area contributed by atoms with Crippen LogP contribution < -0.4 is 5.32 Å². The van der Waals surface area contributed by atoms with Gasteiger partial charge < -0.3 is 5.32 Å². The number of likely N-dealkylation sites (tertiary alicyclic amines) is 1. The minimum atomic E-state index is -0.253. The fourth-order valence-corrected chi connectivity index (χ4v) is 3.37. The highest BCUT2D eigenvalue weighted by Gasteiger charge is 2.30. The predicted molar refractivity (Wildman–Crippen MR) is 97.6 cm³/mol. The van der Waals surface area contributed by atoms with E-state index >= 15 is 0 Å². The Kier molecular flexibility index (Phi) is 4.88. The van der Waals surface area contributed by atoms with Gasteiger partial charge in [-0.3, -0.25) is 9.69 Å². The summed E-state index contributed by atoms with van der Waals surface area (Å²) < 4.78 is 14.6. The van der Waals surface area contributed by atoms with Crippen LogP contribution in [0.4, 0.5) is 10.1 Å². The molecule has 138 valence electrons. The van der Waals surface area contributed by atoms with E-state index in [1.807, 2.05) is 24.3 Å². The number of halogens is 1. The van der Waals surface area contributed by atoms with Crippen LogP contribution in [-0.2, 0) is 11.3 Å². The highest BCUT2D eigenvalue weighted by molar-refractivity contribution is 5.95. The quantitative estimate of drug-likeness (QED) is 0.750. The summed E-state index contributed by atoms with van der Waals surface area (Å²) in [5, 5.41) is 14.1. The molecule has 1 saturated heterocycles. The van der Waals surface area contributed by atoms with Gasteiger partial charge in [0.15, 0.2) is 0 Å². The Bertz CT molecular complexity index is 912. The normalized spacial score (nSPS) is 17.1. The zero-order valence-corrected chi connectivity index (χ0v) is 14.6. The molecule has 2 aromatic carbocycles. The molecule has 1 fully saturated rings. The molecule has 0 aliphatic carbocycles. The van der Waals surface area contributed by atoms with Crippen LogP contribution in [-0.4, -0.2) is 43.6 Å². The van der Waals surface area contributed by atoms with Crippen LogP contribution in [0, 0.1) is 5.82 Å². The number of nitrogens with one attached hydrogen (secondary N) is 1. The van der Waals surface area contributed by atoms with Gasteiger partial charge in [0.25, 0.3) is 0 Å². The van der Waals surface area contributed by atoms with Crippen LogP contribution in [0.25, 0.3) is 5.69 Å². The standard InChI is InChI=1S/C19H19FN6O/c20-15-8-6-14(7-9-15)12-25-10-2-5-18(25)19(27)22-16-3-1-4-17(11-16)26-13-21-23-24-26/h1,3-4,6-9,11,13,18H,2,5,10,12H2,(H,22,27)/t18-/m0/s1. The fraction of sp³-hybridized carbons (Fsp3) is 0.263. The number of carbonyl (C=O) groups excluding carboxylic acids is 1. The fourth-order valence-electron chi connectivity index (χ4n) is 3.37. The molecule has 1 aliphatic heterocycles. The molecular formula is C19H19FN6O. The van der Waals surface area contributed by atoms with Gasteiger partial charge in [0, 0.05) is 12.2 Å². The van der Waals surface area contributed by atoms with Crippen LogP contribution in [0.5, 0.6) is 0 Å². The average Bonchev–Trinajstić information content (AvgIpc) is 3.36. The number of benzene rings is 2. The lowest BCUT2D eigenvalue weighted by atomic mass is 10.1. The molecule has 0 radical (unpaired) electrons. The van der Waals surface area contributed by atoms with E-state index in [0.717, 1.165) is 30.6 Å². The molecule has 1 amide bonds. The van der Waals surface area contributed by atoms with Gasteiger partial charge in [-0.1, -0.05) is 18.2 Å². The molecule has 1 aromatic heterocycles. The molecule has 3 aromatic rings. The molecule has 1 N–H and O–H groups in total. The first-order valence-electron chi connectivity index (χ1n) is 8.82. The number of hydrogen-bond donors (Lipinski definition) is 1. The first kappa shape index (κ1) is 17.3. The number of nitrogens with zero attached hydrogens (tertiary/aromatic N) is 5. The van der Waals surface area contributed by atoms with Crippen LogP contribution in [0.2, 0.25) is 0 Å².